The summed E-state index contributed by atoms with van der Waals surface area (Å²) in [6, 6.07) is 13.7. The van der Waals surface area contributed by atoms with E-state index in [9.17, 15) is 14.4 Å². The number of carbonyl (C=O) groups is 3. The molecule has 6 nitrogen and oxygen atoms in total. The van der Waals surface area contributed by atoms with E-state index in [1.54, 1.807) is 31.2 Å². The predicted octanol–water partition coefficient (Wildman–Crippen LogP) is 4.04. The molecule has 0 saturated carbocycles. The van der Waals surface area contributed by atoms with Crippen LogP contribution >= 0.6 is 11.6 Å². The third-order valence-electron chi connectivity index (χ3n) is 5.05. The summed E-state index contributed by atoms with van der Waals surface area (Å²) < 4.78 is 0. The number of halogens is 1. The van der Waals surface area contributed by atoms with Gasteiger partial charge in [0.2, 0.25) is 5.91 Å². The molecule has 1 saturated heterocycles. The number of hydrogen-bond acceptors (Lipinski definition) is 3. The number of benzene rings is 2. The van der Waals surface area contributed by atoms with Crippen LogP contribution in [0.4, 0.5) is 10.5 Å². The van der Waals surface area contributed by atoms with Gasteiger partial charge in [-0.3, -0.25) is 14.5 Å². The maximum Gasteiger partial charge on any atom is 0.325 e. The van der Waals surface area contributed by atoms with Gasteiger partial charge in [0.25, 0.3) is 5.91 Å². The Morgan fingerprint density at radius 2 is 1.72 bits per heavy atom. The van der Waals surface area contributed by atoms with Crippen molar-refractivity contribution in [1.29, 1.82) is 0 Å². The molecule has 29 heavy (non-hydrogen) atoms. The molecular formula is C22H24ClN3O3. The number of hydrogen-bond donors (Lipinski definition) is 2. The summed E-state index contributed by atoms with van der Waals surface area (Å²) in [4.78, 5) is 38.7. The Morgan fingerprint density at radius 1 is 1.10 bits per heavy atom. The van der Waals surface area contributed by atoms with Gasteiger partial charge in [0, 0.05) is 0 Å². The van der Waals surface area contributed by atoms with E-state index in [2.05, 4.69) is 31.4 Å². The molecule has 1 aliphatic heterocycles. The van der Waals surface area contributed by atoms with Gasteiger partial charge in [-0.05, 0) is 35.6 Å². The smallest absolute Gasteiger partial charge is 0.323 e. The zero-order valence-corrected chi connectivity index (χ0v) is 17.6. The summed E-state index contributed by atoms with van der Waals surface area (Å²) in [5.41, 5.74) is 0.964. The van der Waals surface area contributed by atoms with Gasteiger partial charge in [0.1, 0.15) is 12.1 Å². The van der Waals surface area contributed by atoms with Crippen LogP contribution in [-0.2, 0) is 20.5 Å². The molecule has 0 spiro atoms. The Labute approximate surface area is 175 Å². The van der Waals surface area contributed by atoms with Crippen molar-refractivity contribution >= 4 is 35.1 Å². The fraction of sp³-hybridized carbons (Fsp3) is 0.318. The molecule has 3 rings (SSSR count). The van der Waals surface area contributed by atoms with E-state index < -0.39 is 29.9 Å². The first-order chi connectivity index (χ1) is 13.5. The lowest BCUT2D eigenvalue weighted by molar-refractivity contribution is -0.133. The van der Waals surface area contributed by atoms with Crippen LogP contribution < -0.4 is 10.6 Å². The Balaban J connectivity index is 1.76. The van der Waals surface area contributed by atoms with E-state index >= 15 is 0 Å². The number of urea groups is 1. The second kappa shape index (κ2) is 7.52. The van der Waals surface area contributed by atoms with Crippen LogP contribution in [0.1, 0.15) is 38.8 Å². The van der Waals surface area contributed by atoms with E-state index in [4.69, 9.17) is 11.6 Å². The molecule has 0 aromatic heterocycles. The largest absolute Gasteiger partial charge is 0.325 e. The fourth-order valence-corrected chi connectivity index (χ4v) is 3.42. The fourth-order valence-electron chi connectivity index (χ4n) is 3.24. The first-order valence-corrected chi connectivity index (χ1v) is 9.70. The van der Waals surface area contributed by atoms with E-state index in [0.29, 0.717) is 16.3 Å². The van der Waals surface area contributed by atoms with Crippen LogP contribution in [0.2, 0.25) is 5.02 Å². The average Bonchev–Trinajstić information content (AvgIpc) is 2.87. The Bertz CT molecular complexity index is 966. The lowest BCUT2D eigenvalue weighted by Crippen LogP contribution is -2.42. The molecule has 2 N–H and O–H groups in total. The number of rotatable bonds is 4. The van der Waals surface area contributed by atoms with Crippen LogP contribution in [0.3, 0.4) is 0 Å². The number of imide groups is 1. The van der Waals surface area contributed by atoms with E-state index in [1.807, 2.05) is 24.3 Å². The van der Waals surface area contributed by atoms with E-state index in [0.717, 1.165) is 10.5 Å². The number of carbonyl (C=O) groups excluding carboxylic acids is 3. The quantitative estimate of drug-likeness (QED) is 0.742. The lowest BCUT2D eigenvalue weighted by atomic mass is 9.84. The maximum absolute atomic E-state index is 13.0. The second-order valence-electron chi connectivity index (χ2n) is 8.30. The van der Waals surface area contributed by atoms with Gasteiger partial charge in [-0.1, -0.05) is 68.8 Å². The van der Waals surface area contributed by atoms with Crippen molar-refractivity contribution in [2.75, 3.05) is 11.9 Å². The number of para-hydroxylation sites is 1. The molecule has 1 atom stereocenters. The normalized spacial score (nSPS) is 19.3. The van der Waals surface area contributed by atoms with Crippen LogP contribution in [-0.4, -0.2) is 29.3 Å². The number of amides is 4. The summed E-state index contributed by atoms with van der Waals surface area (Å²) >= 11 is 6.04. The van der Waals surface area contributed by atoms with Crippen molar-refractivity contribution in [1.82, 2.24) is 10.2 Å². The molecule has 0 radical (unpaired) electrons. The van der Waals surface area contributed by atoms with Gasteiger partial charge < -0.3 is 10.6 Å². The van der Waals surface area contributed by atoms with Crippen LogP contribution in [0, 0.1) is 0 Å². The summed E-state index contributed by atoms with van der Waals surface area (Å²) in [6.45, 7) is 7.56. The average molecular weight is 414 g/mol. The van der Waals surface area contributed by atoms with E-state index in [1.165, 1.54) is 0 Å². The number of nitrogens with zero attached hydrogens (tertiary/aromatic N) is 1. The molecule has 0 bridgehead atoms. The SMILES string of the molecule is CC(C)(C)c1ccc(C2(C)NC(=O)N(CC(=O)Nc3ccccc3Cl)C2=O)cc1. The molecule has 7 heteroatoms. The summed E-state index contributed by atoms with van der Waals surface area (Å²) in [6.07, 6.45) is 0. The highest BCUT2D eigenvalue weighted by molar-refractivity contribution is 6.33. The molecular weight excluding hydrogens is 390 g/mol. The standard InChI is InChI=1S/C22H24ClN3O3/c1-21(2,3)14-9-11-15(12-10-14)22(4)19(28)26(20(29)25-22)13-18(27)24-17-8-6-5-7-16(17)23/h5-12H,13H2,1-4H3,(H,24,27)(H,25,29). The molecule has 2 aromatic carbocycles. The minimum atomic E-state index is -1.22. The summed E-state index contributed by atoms with van der Waals surface area (Å²) in [5.74, 6) is -0.978. The third-order valence-corrected chi connectivity index (χ3v) is 5.38. The zero-order valence-electron chi connectivity index (χ0n) is 16.9. The monoisotopic (exact) mass is 413 g/mol. The molecule has 1 fully saturated rings. The van der Waals surface area contributed by atoms with Crippen molar-refractivity contribution in [2.45, 2.75) is 38.6 Å². The predicted molar refractivity (Wildman–Crippen MR) is 113 cm³/mol. The Hall–Kier alpha value is -2.86. The van der Waals surface area contributed by atoms with Crippen molar-refractivity contribution in [3.05, 3.63) is 64.7 Å². The minimum absolute atomic E-state index is 0.0226. The first-order valence-electron chi connectivity index (χ1n) is 9.32. The zero-order chi connectivity index (χ0) is 21.4. The minimum Gasteiger partial charge on any atom is -0.323 e. The highest BCUT2D eigenvalue weighted by atomic mass is 35.5. The Morgan fingerprint density at radius 3 is 2.31 bits per heavy atom. The van der Waals surface area contributed by atoms with Crippen molar-refractivity contribution in [3.8, 4) is 0 Å². The topological polar surface area (TPSA) is 78.5 Å². The van der Waals surface area contributed by atoms with Gasteiger partial charge in [-0.15, -0.1) is 0 Å². The molecule has 152 valence electrons. The van der Waals surface area contributed by atoms with Crippen molar-refractivity contribution < 1.29 is 14.4 Å². The first kappa shape index (κ1) is 20.9. The van der Waals surface area contributed by atoms with Gasteiger partial charge in [0.05, 0.1) is 10.7 Å². The molecule has 1 heterocycles. The van der Waals surface area contributed by atoms with Gasteiger partial charge in [-0.25, -0.2) is 4.79 Å². The van der Waals surface area contributed by atoms with Gasteiger partial charge in [0.15, 0.2) is 0 Å². The maximum atomic E-state index is 13.0. The molecule has 1 unspecified atom stereocenters. The van der Waals surface area contributed by atoms with Crippen LogP contribution in [0.25, 0.3) is 0 Å². The van der Waals surface area contributed by atoms with Gasteiger partial charge >= 0.3 is 6.03 Å². The summed E-state index contributed by atoms with van der Waals surface area (Å²) in [7, 11) is 0. The van der Waals surface area contributed by atoms with Crippen LogP contribution in [0.5, 0.6) is 0 Å². The third kappa shape index (κ3) is 4.12. The van der Waals surface area contributed by atoms with Crippen LogP contribution in [0.15, 0.2) is 48.5 Å². The second-order valence-corrected chi connectivity index (χ2v) is 8.71. The molecule has 1 aliphatic rings. The molecule has 0 aliphatic carbocycles. The molecule has 2 aromatic rings. The number of anilines is 1. The van der Waals surface area contributed by atoms with Gasteiger partial charge in [-0.2, -0.15) is 0 Å². The number of nitrogens with one attached hydrogen (secondary N) is 2. The van der Waals surface area contributed by atoms with Crippen molar-refractivity contribution in [2.24, 2.45) is 0 Å². The molecule has 4 amide bonds. The van der Waals surface area contributed by atoms with E-state index in [-0.39, 0.29) is 5.41 Å². The highest BCUT2D eigenvalue weighted by Gasteiger charge is 2.49. The summed E-state index contributed by atoms with van der Waals surface area (Å²) in [5, 5.41) is 5.72. The Kier molecular flexibility index (Phi) is 5.41. The van der Waals surface area contributed by atoms with Crippen molar-refractivity contribution in [3.63, 3.8) is 0 Å². The lowest BCUT2D eigenvalue weighted by Gasteiger charge is -2.24. The highest BCUT2D eigenvalue weighted by Crippen LogP contribution is 2.31.